The van der Waals surface area contributed by atoms with Gasteiger partial charge in [-0.05, 0) is 18.1 Å². The molecule has 2 atom stereocenters. The van der Waals surface area contributed by atoms with Gasteiger partial charge in [-0.1, -0.05) is 60.7 Å². The summed E-state index contributed by atoms with van der Waals surface area (Å²) in [5.41, 5.74) is 2.81. The fourth-order valence-corrected chi connectivity index (χ4v) is 5.92. The number of piperazine rings is 2. The third kappa shape index (κ3) is 7.09. The second kappa shape index (κ2) is 13.1. The highest BCUT2D eigenvalue weighted by molar-refractivity contribution is 5.38. The summed E-state index contributed by atoms with van der Waals surface area (Å²) >= 11 is 0. The number of hydrogen-bond acceptors (Lipinski definition) is 8. The van der Waals surface area contributed by atoms with Gasteiger partial charge in [0.05, 0.1) is 19.3 Å². The summed E-state index contributed by atoms with van der Waals surface area (Å²) in [5.74, 6) is 0.0605. The standard InChI is InChI=1S/C30H36F3N5O3/c1-3-40-29-35-27(39-2)24(28(36-29)41-20-30(31,32)33)18-37-17-23-16-34-14-15-38(23)25(19-37)26(21-10-6-4-7-11-21)22-12-8-5-9-13-22/h4-13,23,25-26,34H,3,14-20H2,1-2H3/t23-,25?/m0/s1. The van der Waals surface area contributed by atoms with Crippen molar-refractivity contribution in [1.29, 1.82) is 0 Å². The highest BCUT2D eigenvalue weighted by atomic mass is 19.4. The summed E-state index contributed by atoms with van der Waals surface area (Å²) in [4.78, 5) is 13.3. The topological polar surface area (TPSA) is 72.0 Å². The highest BCUT2D eigenvalue weighted by Gasteiger charge is 2.41. The van der Waals surface area contributed by atoms with Crippen molar-refractivity contribution in [2.45, 2.75) is 37.6 Å². The Balaban J connectivity index is 1.51. The molecule has 41 heavy (non-hydrogen) atoms. The number of benzene rings is 2. The first-order valence-corrected chi connectivity index (χ1v) is 13.9. The smallest absolute Gasteiger partial charge is 0.422 e. The van der Waals surface area contributed by atoms with Crippen LogP contribution in [0.25, 0.3) is 0 Å². The number of nitrogens with zero attached hydrogens (tertiary/aromatic N) is 4. The monoisotopic (exact) mass is 571 g/mol. The van der Waals surface area contributed by atoms with Gasteiger partial charge < -0.3 is 19.5 Å². The molecular weight excluding hydrogens is 535 g/mol. The van der Waals surface area contributed by atoms with Gasteiger partial charge in [-0.3, -0.25) is 9.80 Å². The molecule has 2 aliphatic rings. The summed E-state index contributed by atoms with van der Waals surface area (Å²) in [5, 5.41) is 3.52. The molecule has 220 valence electrons. The summed E-state index contributed by atoms with van der Waals surface area (Å²) in [7, 11) is 1.43. The Morgan fingerprint density at radius 2 is 1.61 bits per heavy atom. The summed E-state index contributed by atoms with van der Waals surface area (Å²) in [6.45, 7) is 4.81. The zero-order valence-corrected chi connectivity index (χ0v) is 23.3. The molecule has 2 saturated heterocycles. The lowest BCUT2D eigenvalue weighted by atomic mass is 9.81. The second-order valence-corrected chi connectivity index (χ2v) is 10.3. The van der Waals surface area contributed by atoms with Crippen LogP contribution in [0.2, 0.25) is 0 Å². The molecule has 8 nitrogen and oxygen atoms in total. The number of aromatic nitrogens is 2. The Morgan fingerprint density at radius 1 is 0.951 bits per heavy atom. The fraction of sp³-hybridized carbons (Fsp3) is 0.467. The van der Waals surface area contributed by atoms with Crippen LogP contribution in [0.15, 0.2) is 60.7 Å². The zero-order chi connectivity index (χ0) is 28.8. The molecule has 3 aromatic rings. The van der Waals surface area contributed by atoms with Crippen molar-refractivity contribution in [3.63, 3.8) is 0 Å². The van der Waals surface area contributed by atoms with Crippen molar-refractivity contribution in [1.82, 2.24) is 25.1 Å². The number of ether oxygens (including phenoxy) is 3. The van der Waals surface area contributed by atoms with E-state index in [4.69, 9.17) is 14.2 Å². The van der Waals surface area contributed by atoms with Crippen molar-refractivity contribution >= 4 is 0 Å². The van der Waals surface area contributed by atoms with Gasteiger partial charge in [0, 0.05) is 57.3 Å². The van der Waals surface area contributed by atoms with Crippen molar-refractivity contribution in [3.8, 4) is 17.8 Å². The van der Waals surface area contributed by atoms with Crippen molar-refractivity contribution in [3.05, 3.63) is 77.4 Å². The van der Waals surface area contributed by atoms with Gasteiger partial charge >= 0.3 is 12.2 Å². The van der Waals surface area contributed by atoms with E-state index in [1.807, 2.05) is 12.1 Å². The maximum absolute atomic E-state index is 13.2. The van der Waals surface area contributed by atoms with E-state index in [0.717, 1.165) is 26.2 Å². The largest absolute Gasteiger partial charge is 0.481 e. The van der Waals surface area contributed by atoms with E-state index < -0.39 is 12.8 Å². The normalized spacial score (nSPS) is 20.0. The van der Waals surface area contributed by atoms with Gasteiger partial charge in [0.2, 0.25) is 11.8 Å². The molecule has 0 amide bonds. The van der Waals surface area contributed by atoms with Gasteiger partial charge in [-0.25, -0.2) is 0 Å². The van der Waals surface area contributed by atoms with E-state index in [2.05, 4.69) is 73.6 Å². The minimum absolute atomic E-state index is 0.0855. The van der Waals surface area contributed by atoms with Crippen LogP contribution in [0.1, 0.15) is 29.5 Å². The Bertz CT molecular complexity index is 1230. The number of nitrogens with one attached hydrogen (secondary N) is 1. The Morgan fingerprint density at radius 3 is 2.22 bits per heavy atom. The fourth-order valence-electron chi connectivity index (χ4n) is 5.92. The first-order chi connectivity index (χ1) is 19.9. The number of halogens is 3. The molecule has 0 saturated carbocycles. The van der Waals surface area contributed by atoms with Gasteiger partial charge in [0.15, 0.2) is 6.61 Å². The summed E-state index contributed by atoms with van der Waals surface area (Å²) in [6, 6.07) is 21.2. The summed E-state index contributed by atoms with van der Waals surface area (Å²) < 4.78 is 55.6. The second-order valence-electron chi connectivity index (χ2n) is 10.3. The molecule has 1 aromatic heterocycles. The molecule has 2 aromatic carbocycles. The Hall–Kier alpha value is -3.41. The SMILES string of the molecule is CCOc1nc(OC)c(CN2CC(C(c3ccccc3)c3ccccc3)N3CCNC[C@H]3C2)c(OCC(F)(F)F)n1. The number of alkyl halides is 3. The van der Waals surface area contributed by atoms with Gasteiger partial charge in [-0.15, -0.1) is 0 Å². The van der Waals surface area contributed by atoms with Gasteiger partial charge in [0.25, 0.3) is 0 Å². The molecule has 0 spiro atoms. The van der Waals surface area contributed by atoms with Crippen LogP contribution in [0, 0.1) is 0 Å². The average molecular weight is 572 g/mol. The predicted molar refractivity (Wildman–Crippen MR) is 148 cm³/mol. The van der Waals surface area contributed by atoms with Gasteiger partial charge in [-0.2, -0.15) is 23.1 Å². The lowest BCUT2D eigenvalue weighted by Gasteiger charge is -2.51. The van der Waals surface area contributed by atoms with E-state index in [1.54, 1.807) is 6.92 Å². The quantitative estimate of drug-likeness (QED) is 0.390. The number of hydrogen-bond donors (Lipinski definition) is 1. The third-order valence-corrected chi connectivity index (χ3v) is 7.57. The predicted octanol–water partition coefficient (Wildman–Crippen LogP) is 4.12. The molecule has 0 aliphatic carbocycles. The molecule has 2 aliphatic heterocycles. The van der Waals surface area contributed by atoms with Crippen molar-refractivity contribution in [2.75, 3.05) is 53.0 Å². The third-order valence-electron chi connectivity index (χ3n) is 7.57. The molecule has 11 heteroatoms. The van der Waals surface area contributed by atoms with Crippen LogP contribution < -0.4 is 19.5 Å². The van der Waals surface area contributed by atoms with Crippen molar-refractivity contribution < 1.29 is 27.4 Å². The zero-order valence-electron chi connectivity index (χ0n) is 23.3. The first-order valence-electron chi connectivity index (χ1n) is 13.9. The molecule has 0 bridgehead atoms. The Kier molecular flexibility index (Phi) is 9.26. The number of rotatable bonds is 10. The molecule has 2 fully saturated rings. The summed E-state index contributed by atoms with van der Waals surface area (Å²) in [6.07, 6.45) is -4.52. The molecule has 0 radical (unpaired) electrons. The lowest BCUT2D eigenvalue weighted by Crippen LogP contribution is -2.66. The molecule has 3 heterocycles. The van der Waals surface area contributed by atoms with E-state index in [9.17, 15) is 13.2 Å². The minimum atomic E-state index is -4.52. The molecule has 5 rings (SSSR count). The van der Waals surface area contributed by atoms with E-state index in [0.29, 0.717) is 12.1 Å². The average Bonchev–Trinajstić information content (AvgIpc) is 2.98. The van der Waals surface area contributed by atoms with E-state index in [1.165, 1.54) is 18.2 Å². The van der Waals surface area contributed by atoms with E-state index in [-0.39, 0.29) is 48.9 Å². The van der Waals surface area contributed by atoms with Gasteiger partial charge in [0.1, 0.15) is 0 Å². The van der Waals surface area contributed by atoms with Crippen LogP contribution in [0.3, 0.4) is 0 Å². The maximum atomic E-state index is 13.2. The van der Waals surface area contributed by atoms with E-state index >= 15 is 0 Å². The molecular formula is C30H36F3N5O3. The van der Waals surface area contributed by atoms with Crippen LogP contribution in [0.5, 0.6) is 17.8 Å². The Labute approximate surface area is 238 Å². The van der Waals surface area contributed by atoms with Crippen LogP contribution >= 0.6 is 0 Å². The van der Waals surface area contributed by atoms with Crippen molar-refractivity contribution in [2.24, 2.45) is 0 Å². The minimum Gasteiger partial charge on any atom is -0.481 e. The van der Waals surface area contributed by atoms with Crippen LogP contribution in [-0.4, -0.2) is 91.1 Å². The molecule has 1 N–H and O–H groups in total. The lowest BCUT2D eigenvalue weighted by molar-refractivity contribution is -0.154. The number of fused-ring (bicyclic) bond motifs is 1. The highest BCUT2D eigenvalue weighted by Crippen LogP contribution is 2.37. The first kappa shape index (κ1) is 29.1. The maximum Gasteiger partial charge on any atom is 0.422 e. The number of methoxy groups -OCH3 is 1. The molecule has 1 unspecified atom stereocenters. The van der Waals surface area contributed by atoms with Crippen LogP contribution in [0.4, 0.5) is 13.2 Å². The van der Waals surface area contributed by atoms with Crippen LogP contribution in [-0.2, 0) is 6.54 Å².